The molecule has 0 spiro atoms. The van der Waals surface area contributed by atoms with Crippen LogP contribution in [0.1, 0.15) is 5.56 Å². The molecule has 31 heavy (non-hydrogen) atoms. The van der Waals surface area contributed by atoms with Crippen molar-refractivity contribution < 1.29 is 18.7 Å². The summed E-state index contributed by atoms with van der Waals surface area (Å²) in [6.07, 6.45) is 0. The third kappa shape index (κ3) is 7.66. The van der Waals surface area contributed by atoms with Crippen molar-refractivity contribution in [1.82, 2.24) is 15.5 Å². The highest BCUT2D eigenvalue weighted by Gasteiger charge is 2.12. The van der Waals surface area contributed by atoms with Gasteiger partial charge in [0, 0.05) is 11.6 Å². The van der Waals surface area contributed by atoms with Crippen molar-refractivity contribution in [2.75, 3.05) is 17.7 Å². The maximum Gasteiger partial charge on any atom is 0.264 e. The summed E-state index contributed by atoms with van der Waals surface area (Å²) in [6.45, 7) is 0.0317. The number of benzene rings is 2. The van der Waals surface area contributed by atoms with Gasteiger partial charge in [-0.2, -0.15) is 0 Å². The molecule has 162 valence electrons. The fourth-order valence-electron chi connectivity index (χ4n) is 2.19. The minimum Gasteiger partial charge on any atom is -0.482 e. The van der Waals surface area contributed by atoms with Crippen LogP contribution in [0.5, 0.6) is 5.75 Å². The van der Waals surface area contributed by atoms with Crippen LogP contribution in [-0.2, 0) is 16.1 Å². The number of anilines is 1. The number of hydrogen-bond acceptors (Lipinski definition) is 7. The summed E-state index contributed by atoms with van der Waals surface area (Å²) in [5.41, 5.74) is 0.794. The summed E-state index contributed by atoms with van der Waals surface area (Å²) >= 11 is 14.1. The molecule has 0 aliphatic heterocycles. The molecule has 0 unspecified atom stereocenters. The van der Waals surface area contributed by atoms with Crippen LogP contribution in [-0.4, -0.2) is 34.4 Å². The Morgan fingerprint density at radius 2 is 1.87 bits per heavy atom. The third-order valence-electron chi connectivity index (χ3n) is 3.64. The number of aromatic nitrogens is 2. The number of halogens is 3. The largest absolute Gasteiger partial charge is 0.482 e. The Labute approximate surface area is 195 Å². The Balaban J connectivity index is 1.39. The minimum atomic E-state index is -0.434. The van der Waals surface area contributed by atoms with E-state index >= 15 is 0 Å². The summed E-state index contributed by atoms with van der Waals surface area (Å²) in [4.78, 5) is 24.0. The van der Waals surface area contributed by atoms with E-state index in [2.05, 4.69) is 20.8 Å². The molecule has 0 atom stereocenters. The predicted octanol–water partition coefficient (Wildman–Crippen LogP) is 4.41. The number of carbonyl (C=O) groups is 2. The zero-order valence-electron chi connectivity index (χ0n) is 15.7. The van der Waals surface area contributed by atoms with E-state index in [9.17, 15) is 14.0 Å². The van der Waals surface area contributed by atoms with Crippen molar-refractivity contribution in [2.24, 2.45) is 0 Å². The van der Waals surface area contributed by atoms with E-state index in [0.29, 0.717) is 26.7 Å². The molecule has 0 saturated carbocycles. The predicted molar refractivity (Wildman–Crippen MR) is 119 cm³/mol. The number of hydrogen-bond donors (Lipinski definition) is 2. The van der Waals surface area contributed by atoms with Crippen molar-refractivity contribution in [3.63, 3.8) is 0 Å². The highest BCUT2D eigenvalue weighted by molar-refractivity contribution is 8.01. The van der Waals surface area contributed by atoms with Gasteiger partial charge in [0.05, 0.1) is 10.8 Å². The number of ether oxygens (including phenoxy) is 1. The van der Waals surface area contributed by atoms with Crippen LogP contribution in [0.2, 0.25) is 10.0 Å². The number of carbonyl (C=O) groups excluding carboxylic acids is 2. The third-order valence-corrected chi connectivity index (χ3v) is 6.14. The molecule has 2 aromatic carbocycles. The summed E-state index contributed by atoms with van der Waals surface area (Å²) in [5, 5.41) is 14.1. The minimum absolute atomic E-state index is 0.127. The summed E-state index contributed by atoms with van der Waals surface area (Å²) in [5.74, 6) is -0.507. The molecular formula is C19H15Cl2FN4O3S2. The maximum absolute atomic E-state index is 12.9. The summed E-state index contributed by atoms with van der Waals surface area (Å²) < 4.78 is 18.8. The first-order valence-electron chi connectivity index (χ1n) is 8.74. The smallest absolute Gasteiger partial charge is 0.264 e. The quantitative estimate of drug-likeness (QED) is 0.333. The lowest BCUT2D eigenvalue weighted by Crippen LogP contribution is -2.24. The first kappa shape index (κ1) is 23.3. The Hall–Kier alpha value is -2.40. The molecule has 7 nitrogen and oxygen atoms in total. The number of nitrogens with one attached hydrogen (secondary N) is 2. The standard InChI is InChI=1S/C19H15Cl2FN4O3S2/c20-12-3-6-15(14(21)7-12)29-9-16(27)24-18-25-26-19(31-18)30-10-17(28)23-8-11-1-4-13(22)5-2-11/h1-7H,8-10H2,(H,23,28)(H,24,25,27). The first-order valence-corrected chi connectivity index (χ1v) is 11.3. The number of rotatable bonds is 9. The Kier molecular flexibility index (Phi) is 8.47. The van der Waals surface area contributed by atoms with Gasteiger partial charge in [-0.3, -0.25) is 14.9 Å². The number of amides is 2. The van der Waals surface area contributed by atoms with Gasteiger partial charge in [0.25, 0.3) is 5.91 Å². The Morgan fingerprint density at radius 1 is 1.10 bits per heavy atom. The van der Waals surface area contributed by atoms with E-state index in [0.717, 1.165) is 16.9 Å². The second-order valence-electron chi connectivity index (χ2n) is 5.98. The lowest BCUT2D eigenvalue weighted by molar-refractivity contribution is -0.119. The van der Waals surface area contributed by atoms with Gasteiger partial charge in [0.1, 0.15) is 11.6 Å². The summed E-state index contributed by atoms with van der Waals surface area (Å²) in [6, 6.07) is 10.6. The number of nitrogens with zero attached hydrogens (tertiary/aromatic N) is 2. The normalized spacial score (nSPS) is 10.5. The van der Waals surface area contributed by atoms with Crippen molar-refractivity contribution in [2.45, 2.75) is 10.9 Å². The molecule has 3 rings (SSSR count). The van der Waals surface area contributed by atoms with Gasteiger partial charge in [-0.15, -0.1) is 10.2 Å². The van der Waals surface area contributed by atoms with Gasteiger partial charge in [0.2, 0.25) is 11.0 Å². The van der Waals surface area contributed by atoms with Crippen LogP contribution in [0.3, 0.4) is 0 Å². The molecule has 1 aromatic heterocycles. The van der Waals surface area contributed by atoms with Gasteiger partial charge >= 0.3 is 0 Å². The fraction of sp³-hybridized carbons (Fsp3) is 0.158. The second-order valence-corrected chi connectivity index (χ2v) is 9.02. The molecule has 2 N–H and O–H groups in total. The molecule has 0 bridgehead atoms. The molecule has 1 heterocycles. The average Bonchev–Trinajstić information content (AvgIpc) is 3.18. The second kappa shape index (κ2) is 11.3. The van der Waals surface area contributed by atoms with Crippen LogP contribution < -0.4 is 15.4 Å². The molecule has 3 aromatic rings. The lowest BCUT2D eigenvalue weighted by atomic mass is 10.2. The molecule has 0 radical (unpaired) electrons. The van der Waals surface area contributed by atoms with E-state index in [4.69, 9.17) is 27.9 Å². The van der Waals surface area contributed by atoms with Crippen LogP contribution >= 0.6 is 46.3 Å². The van der Waals surface area contributed by atoms with Gasteiger partial charge in [-0.05, 0) is 35.9 Å². The van der Waals surface area contributed by atoms with Crippen LogP contribution in [0.15, 0.2) is 46.8 Å². The van der Waals surface area contributed by atoms with Gasteiger partial charge in [0.15, 0.2) is 10.9 Å². The van der Waals surface area contributed by atoms with Crippen LogP contribution in [0.25, 0.3) is 0 Å². The molecule has 0 fully saturated rings. The Bertz CT molecular complexity index is 1070. The number of thioether (sulfide) groups is 1. The van der Waals surface area contributed by atoms with Gasteiger partial charge in [-0.1, -0.05) is 58.4 Å². The zero-order valence-corrected chi connectivity index (χ0v) is 18.9. The summed E-state index contributed by atoms with van der Waals surface area (Å²) in [7, 11) is 0. The topological polar surface area (TPSA) is 93.2 Å². The average molecular weight is 501 g/mol. The van der Waals surface area contributed by atoms with Gasteiger partial charge in [-0.25, -0.2) is 4.39 Å². The van der Waals surface area contributed by atoms with Crippen LogP contribution in [0.4, 0.5) is 9.52 Å². The fourth-order valence-corrected chi connectivity index (χ4v) is 4.25. The van der Waals surface area contributed by atoms with Crippen molar-refractivity contribution in [3.8, 4) is 5.75 Å². The highest BCUT2D eigenvalue weighted by atomic mass is 35.5. The van der Waals surface area contributed by atoms with E-state index in [1.54, 1.807) is 24.3 Å². The molecule has 0 aliphatic rings. The molecule has 0 saturated heterocycles. The van der Waals surface area contributed by atoms with Gasteiger partial charge < -0.3 is 10.1 Å². The first-order chi connectivity index (χ1) is 14.9. The van der Waals surface area contributed by atoms with E-state index < -0.39 is 5.91 Å². The SMILES string of the molecule is O=C(CSc1nnc(NC(=O)COc2ccc(Cl)cc2Cl)s1)NCc1ccc(F)cc1. The van der Waals surface area contributed by atoms with Crippen molar-refractivity contribution in [1.29, 1.82) is 0 Å². The van der Waals surface area contributed by atoms with E-state index in [1.165, 1.54) is 30.0 Å². The van der Waals surface area contributed by atoms with Crippen molar-refractivity contribution >= 4 is 63.2 Å². The van der Waals surface area contributed by atoms with Crippen LogP contribution in [0, 0.1) is 5.82 Å². The molecule has 12 heteroatoms. The monoisotopic (exact) mass is 500 g/mol. The molecule has 0 aliphatic carbocycles. The maximum atomic E-state index is 12.9. The van der Waals surface area contributed by atoms with Crippen molar-refractivity contribution in [3.05, 3.63) is 63.9 Å². The zero-order chi connectivity index (χ0) is 22.2. The molecular weight excluding hydrogens is 486 g/mol. The Morgan fingerprint density at radius 3 is 2.61 bits per heavy atom. The van der Waals surface area contributed by atoms with E-state index in [1.807, 2.05) is 0 Å². The highest BCUT2D eigenvalue weighted by Crippen LogP contribution is 2.28. The lowest BCUT2D eigenvalue weighted by Gasteiger charge is -2.07. The molecule has 2 amide bonds. The van der Waals surface area contributed by atoms with E-state index in [-0.39, 0.29) is 29.2 Å².